The highest BCUT2D eigenvalue weighted by atomic mass is 32.1. The molecule has 1 unspecified atom stereocenters. The van der Waals surface area contributed by atoms with E-state index >= 15 is 0 Å². The van der Waals surface area contributed by atoms with Crippen molar-refractivity contribution in [1.29, 1.82) is 0 Å². The van der Waals surface area contributed by atoms with Crippen LogP contribution in [-0.4, -0.2) is 40.0 Å². The predicted octanol–water partition coefficient (Wildman–Crippen LogP) is 4.81. The number of nitrogens with two attached hydrogens (primary N) is 1. The quantitative estimate of drug-likeness (QED) is 0.438. The maximum atomic E-state index is 11.2. The van der Waals surface area contributed by atoms with E-state index in [1.807, 2.05) is 35.8 Å². The molecule has 6 nitrogen and oxygen atoms in total. The zero-order valence-electron chi connectivity index (χ0n) is 15.6. The summed E-state index contributed by atoms with van der Waals surface area (Å²) in [5, 5.41) is 12.3. The minimum atomic E-state index is -0.875. The summed E-state index contributed by atoms with van der Waals surface area (Å²) in [6.07, 6.45) is 5.71. The van der Waals surface area contributed by atoms with Crippen LogP contribution in [0.5, 0.6) is 0 Å². The van der Waals surface area contributed by atoms with Crippen molar-refractivity contribution in [3.05, 3.63) is 58.4 Å². The first-order valence-electron chi connectivity index (χ1n) is 9.17. The molecule has 7 heteroatoms. The summed E-state index contributed by atoms with van der Waals surface area (Å²) in [4.78, 5) is 21.4. The van der Waals surface area contributed by atoms with Gasteiger partial charge in [-0.1, -0.05) is 12.1 Å². The molecule has 0 bridgehead atoms. The highest BCUT2D eigenvalue weighted by Gasteiger charge is 2.23. The van der Waals surface area contributed by atoms with Crippen molar-refractivity contribution in [3.8, 4) is 0 Å². The third-order valence-electron chi connectivity index (χ3n) is 5.27. The molecule has 4 N–H and O–H groups in total. The molecule has 2 aromatic heterocycles. The molecule has 0 saturated heterocycles. The van der Waals surface area contributed by atoms with Crippen molar-refractivity contribution < 1.29 is 9.90 Å². The van der Waals surface area contributed by atoms with Crippen molar-refractivity contribution in [1.82, 2.24) is 9.88 Å². The van der Waals surface area contributed by atoms with Crippen LogP contribution < -0.4 is 5.73 Å². The van der Waals surface area contributed by atoms with E-state index in [0.717, 1.165) is 46.3 Å². The van der Waals surface area contributed by atoms with Crippen LogP contribution in [0.25, 0.3) is 16.5 Å². The van der Waals surface area contributed by atoms with Gasteiger partial charge in [-0.15, -0.1) is 11.3 Å². The number of amides is 1. The second-order valence-electron chi connectivity index (χ2n) is 6.96. The minimum Gasteiger partial charge on any atom is -0.465 e. The first-order valence-corrected chi connectivity index (χ1v) is 10.0. The summed E-state index contributed by atoms with van der Waals surface area (Å²) in [6.45, 7) is 0. The van der Waals surface area contributed by atoms with Gasteiger partial charge in [0.15, 0.2) is 0 Å². The van der Waals surface area contributed by atoms with Crippen LogP contribution in [0, 0.1) is 0 Å². The number of rotatable bonds is 4. The van der Waals surface area contributed by atoms with E-state index in [4.69, 9.17) is 5.73 Å². The molecular formula is C21H22N4O2S. The molecule has 1 aromatic carbocycles. The zero-order valence-corrected chi connectivity index (χ0v) is 16.4. The number of carboxylic acid groups (broad SMARTS) is 1. The van der Waals surface area contributed by atoms with E-state index in [9.17, 15) is 9.90 Å². The van der Waals surface area contributed by atoms with Crippen molar-refractivity contribution >= 4 is 45.4 Å². The van der Waals surface area contributed by atoms with Gasteiger partial charge in [-0.25, -0.2) is 9.79 Å². The zero-order chi connectivity index (χ0) is 19.7. The fourth-order valence-electron chi connectivity index (χ4n) is 3.64. The van der Waals surface area contributed by atoms with Crippen molar-refractivity contribution in [2.45, 2.75) is 25.3 Å². The Morgan fingerprint density at radius 2 is 2.25 bits per heavy atom. The van der Waals surface area contributed by atoms with E-state index in [-0.39, 0.29) is 6.04 Å². The molecule has 1 amide bonds. The number of benzene rings is 1. The van der Waals surface area contributed by atoms with E-state index < -0.39 is 6.09 Å². The molecule has 1 atom stereocenters. The van der Waals surface area contributed by atoms with E-state index in [1.54, 1.807) is 18.4 Å². The van der Waals surface area contributed by atoms with Gasteiger partial charge in [0.2, 0.25) is 0 Å². The second-order valence-corrected chi connectivity index (χ2v) is 7.91. The monoisotopic (exact) mass is 394 g/mol. The number of amidine groups is 1. The molecule has 2 heterocycles. The number of hydrogen-bond donors (Lipinski definition) is 3. The number of aromatic nitrogens is 1. The number of fused-ring (bicyclic) bond motifs is 1. The summed E-state index contributed by atoms with van der Waals surface area (Å²) in [6, 6.07) is 9.98. The average Bonchev–Trinajstić information content (AvgIpc) is 3.37. The molecule has 0 fully saturated rings. The number of aliphatic imine (C=N–C) groups is 1. The first-order chi connectivity index (χ1) is 13.5. The summed E-state index contributed by atoms with van der Waals surface area (Å²) in [7, 11) is 1.64. The Kier molecular flexibility index (Phi) is 4.92. The number of thiophene rings is 1. The van der Waals surface area contributed by atoms with Gasteiger partial charge in [0.25, 0.3) is 0 Å². The van der Waals surface area contributed by atoms with Gasteiger partial charge in [0, 0.05) is 35.8 Å². The summed E-state index contributed by atoms with van der Waals surface area (Å²) >= 11 is 1.57. The predicted molar refractivity (Wildman–Crippen MR) is 114 cm³/mol. The normalized spacial score (nSPS) is 17.5. The van der Waals surface area contributed by atoms with Crippen LogP contribution >= 0.6 is 11.3 Å². The maximum absolute atomic E-state index is 11.2. The summed E-state index contributed by atoms with van der Waals surface area (Å²) < 4.78 is 0. The lowest BCUT2D eigenvalue weighted by Crippen LogP contribution is -2.36. The number of nitrogens with one attached hydrogen (secondary N) is 1. The molecule has 28 heavy (non-hydrogen) atoms. The summed E-state index contributed by atoms with van der Waals surface area (Å²) in [5.74, 6) is 0.517. The van der Waals surface area contributed by atoms with Crippen molar-refractivity contribution in [2.24, 2.45) is 10.7 Å². The van der Waals surface area contributed by atoms with Crippen LogP contribution in [0.1, 0.15) is 29.7 Å². The van der Waals surface area contributed by atoms with Gasteiger partial charge < -0.3 is 20.7 Å². The van der Waals surface area contributed by atoms with E-state index in [1.165, 1.54) is 10.5 Å². The van der Waals surface area contributed by atoms with Gasteiger partial charge in [-0.05, 0) is 54.5 Å². The molecule has 144 valence electrons. The van der Waals surface area contributed by atoms with Crippen LogP contribution in [-0.2, 0) is 0 Å². The topological polar surface area (TPSA) is 94.7 Å². The maximum Gasteiger partial charge on any atom is 0.407 e. The van der Waals surface area contributed by atoms with Gasteiger partial charge >= 0.3 is 6.09 Å². The van der Waals surface area contributed by atoms with E-state index in [0.29, 0.717) is 5.84 Å². The molecular weight excluding hydrogens is 372 g/mol. The number of H-pyrrole nitrogens is 1. The SMILES string of the molecule is CN(C(=O)O)C1CC=C(c2c[nH]c3ccc(N=C(N)c4cccs4)cc23)CC1. The molecule has 0 saturated carbocycles. The molecule has 0 spiro atoms. The first kappa shape index (κ1) is 18.3. The molecule has 0 radical (unpaired) electrons. The standard InChI is InChI=1S/C21H22N4O2S/c1-25(21(26)27)15-7-4-13(5-8-15)17-12-23-18-9-6-14(11-16(17)18)24-20(22)19-3-2-10-28-19/h2-4,6,9-12,15,23H,5,7-8H2,1H3,(H2,22,24)(H,26,27). The van der Waals surface area contributed by atoms with Gasteiger partial charge in [0.1, 0.15) is 5.84 Å². The van der Waals surface area contributed by atoms with Gasteiger partial charge in [-0.2, -0.15) is 0 Å². The van der Waals surface area contributed by atoms with Gasteiger partial charge in [0.05, 0.1) is 10.6 Å². The van der Waals surface area contributed by atoms with Gasteiger partial charge in [-0.3, -0.25) is 0 Å². The molecule has 1 aliphatic rings. The number of allylic oxidation sites excluding steroid dienone is 1. The lowest BCUT2D eigenvalue weighted by atomic mass is 9.90. The molecule has 0 aliphatic heterocycles. The van der Waals surface area contributed by atoms with E-state index in [2.05, 4.69) is 22.1 Å². The van der Waals surface area contributed by atoms with Crippen LogP contribution in [0.3, 0.4) is 0 Å². The lowest BCUT2D eigenvalue weighted by molar-refractivity contribution is 0.136. The Hall–Kier alpha value is -3.06. The van der Waals surface area contributed by atoms with Crippen LogP contribution in [0.2, 0.25) is 0 Å². The molecule has 3 aromatic rings. The minimum absolute atomic E-state index is 0.0391. The second kappa shape index (κ2) is 7.52. The average molecular weight is 395 g/mol. The number of nitrogens with zero attached hydrogens (tertiary/aromatic N) is 2. The summed E-state index contributed by atoms with van der Waals surface area (Å²) in [5.41, 5.74) is 10.4. The Morgan fingerprint density at radius 3 is 2.93 bits per heavy atom. The highest BCUT2D eigenvalue weighted by Crippen LogP contribution is 2.34. The third kappa shape index (κ3) is 3.53. The fourth-order valence-corrected chi connectivity index (χ4v) is 4.26. The Bertz CT molecular complexity index is 1070. The van der Waals surface area contributed by atoms with Crippen LogP contribution in [0.4, 0.5) is 10.5 Å². The Morgan fingerprint density at radius 1 is 1.39 bits per heavy atom. The Labute approximate surface area is 167 Å². The largest absolute Gasteiger partial charge is 0.465 e. The number of hydrogen-bond acceptors (Lipinski definition) is 3. The van der Waals surface area contributed by atoms with Crippen LogP contribution in [0.15, 0.2) is 53.0 Å². The molecule has 1 aliphatic carbocycles. The lowest BCUT2D eigenvalue weighted by Gasteiger charge is -2.28. The van der Waals surface area contributed by atoms with Crippen molar-refractivity contribution in [3.63, 3.8) is 0 Å². The number of aromatic amines is 1. The number of carbonyl (C=O) groups is 1. The third-order valence-corrected chi connectivity index (χ3v) is 6.16. The fraction of sp³-hybridized carbons (Fsp3) is 0.238. The Balaban J connectivity index is 1.62. The highest BCUT2D eigenvalue weighted by molar-refractivity contribution is 7.12. The van der Waals surface area contributed by atoms with Crippen molar-refractivity contribution in [2.75, 3.05) is 7.05 Å². The molecule has 4 rings (SSSR count). The smallest absolute Gasteiger partial charge is 0.407 e.